The fraction of sp³-hybridized carbons (Fsp3) is 0.222. The van der Waals surface area contributed by atoms with E-state index in [9.17, 15) is 8.76 Å². The van der Waals surface area contributed by atoms with Crippen LogP contribution in [0.2, 0.25) is 0 Å². The van der Waals surface area contributed by atoms with Crippen molar-refractivity contribution in [2.24, 2.45) is 0 Å². The van der Waals surface area contributed by atoms with Crippen LogP contribution in [0, 0.1) is 13.8 Å². The van der Waals surface area contributed by atoms with Crippen molar-refractivity contribution in [3.8, 4) is 5.82 Å². The second-order valence-corrected chi connectivity index (χ2v) is 4.19. The molecule has 84 valence electrons. The van der Waals surface area contributed by atoms with Crippen LogP contribution >= 0.6 is 0 Å². The molecule has 2 aromatic rings. The van der Waals surface area contributed by atoms with Crippen molar-refractivity contribution in [2.75, 3.05) is 0 Å². The van der Waals surface area contributed by atoms with E-state index in [1.54, 1.807) is 10.7 Å². The summed E-state index contributed by atoms with van der Waals surface area (Å²) in [5, 5.41) is 11.5. The van der Waals surface area contributed by atoms with Gasteiger partial charge < -0.3 is 4.55 Å². The SMILES string of the molecule is Cc1cc(C)n(-c2ccc(S(=O)[O-])nn2)n1.[Na+]. The Hall–Kier alpha value is -0.600. The molecule has 0 radical (unpaired) electrons. The first-order valence-electron chi connectivity index (χ1n) is 4.54. The summed E-state index contributed by atoms with van der Waals surface area (Å²) in [4.78, 5) is 0. The van der Waals surface area contributed by atoms with Gasteiger partial charge in [0.15, 0.2) is 5.82 Å². The molecular weight excluding hydrogens is 251 g/mol. The Morgan fingerprint density at radius 2 is 2.00 bits per heavy atom. The number of hydrogen-bond donors (Lipinski definition) is 0. The minimum absolute atomic E-state index is 0. The van der Waals surface area contributed by atoms with Crippen molar-refractivity contribution in [1.82, 2.24) is 20.0 Å². The maximum Gasteiger partial charge on any atom is 1.00 e. The Bertz CT molecular complexity index is 540. The number of aromatic nitrogens is 4. The standard InChI is InChI=1S/C9H10N4O2S.Na/c1-6-5-7(2)13(12-6)8-3-4-9(11-10-8)16(14)15;/h3-5H,1-2H3,(H,14,15);/q;+1/p-1. The third-order valence-corrected chi connectivity index (χ3v) is 2.58. The van der Waals surface area contributed by atoms with Crippen molar-refractivity contribution >= 4 is 11.1 Å². The van der Waals surface area contributed by atoms with Gasteiger partial charge in [-0.25, -0.2) is 4.68 Å². The Balaban J connectivity index is 0.00000144. The van der Waals surface area contributed by atoms with Gasteiger partial charge in [-0.05, 0) is 43.1 Å². The van der Waals surface area contributed by atoms with Gasteiger partial charge in [-0.2, -0.15) is 5.10 Å². The van der Waals surface area contributed by atoms with Gasteiger partial charge in [-0.15, -0.1) is 10.2 Å². The predicted molar refractivity (Wildman–Crippen MR) is 55.8 cm³/mol. The van der Waals surface area contributed by atoms with Crippen LogP contribution in [0.4, 0.5) is 0 Å². The van der Waals surface area contributed by atoms with E-state index in [-0.39, 0.29) is 34.6 Å². The van der Waals surface area contributed by atoms with E-state index in [1.165, 1.54) is 6.07 Å². The summed E-state index contributed by atoms with van der Waals surface area (Å²) in [7, 11) is 0. The molecule has 2 heterocycles. The zero-order valence-corrected chi connectivity index (χ0v) is 12.6. The van der Waals surface area contributed by atoms with E-state index in [0.29, 0.717) is 5.82 Å². The molecule has 0 saturated carbocycles. The molecule has 0 N–H and O–H groups in total. The van der Waals surface area contributed by atoms with Crippen LogP contribution in [0.1, 0.15) is 11.4 Å². The van der Waals surface area contributed by atoms with Gasteiger partial charge in [0.05, 0.1) is 5.69 Å². The molecule has 2 aromatic heterocycles. The molecule has 0 spiro atoms. The second-order valence-electron chi connectivity index (χ2n) is 3.30. The Morgan fingerprint density at radius 3 is 2.41 bits per heavy atom. The summed E-state index contributed by atoms with van der Waals surface area (Å²) in [6.07, 6.45) is 0. The van der Waals surface area contributed by atoms with Crippen LogP contribution in [-0.4, -0.2) is 28.7 Å². The Kier molecular flexibility index (Phi) is 4.96. The summed E-state index contributed by atoms with van der Waals surface area (Å²) in [5.74, 6) is 0.500. The van der Waals surface area contributed by atoms with Crippen LogP contribution < -0.4 is 29.6 Å². The normalized spacial score (nSPS) is 11.9. The van der Waals surface area contributed by atoms with Gasteiger partial charge in [0.2, 0.25) is 0 Å². The first-order chi connectivity index (χ1) is 7.58. The Morgan fingerprint density at radius 1 is 1.29 bits per heavy atom. The van der Waals surface area contributed by atoms with Gasteiger partial charge in [0.1, 0.15) is 5.03 Å². The van der Waals surface area contributed by atoms with Crippen LogP contribution in [0.5, 0.6) is 0 Å². The number of rotatable bonds is 2. The van der Waals surface area contributed by atoms with E-state index in [2.05, 4.69) is 15.3 Å². The summed E-state index contributed by atoms with van der Waals surface area (Å²) < 4.78 is 22.8. The fourth-order valence-corrected chi connectivity index (χ4v) is 1.66. The third-order valence-electron chi connectivity index (χ3n) is 2.02. The van der Waals surface area contributed by atoms with Crippen LogP contribution in [-0.2, 0) is 11.1 Å². The minimum atomic E-state index is -2.35. The smallest absolute Gasteiger partial charge is 0.767 e. The molecular formula is C9H9N4NaO2S. The van der Waals surface area contributed by atoms with E-state index in [4.69, 9.17) is 0 Å². The van der Waals surface area contributed by atoms with Crippen molar-refractivity contribution in [3.63, 3.8) is 0 Å². The second kappa shape index (κ2) is 5.83. The zero-order chi connectivity index (χ0) is 11.7. The van der Waals surface area contributed by atoms with Gasteiger partial charge in [-0.1, -0.05) is 0 Å². The number of nitrogens with zero attached hydrogens (tertiary/aromatic N) is 4. The molecule has 17 heavy (non-hydrogen) atoms. The average Bonchev–Trinajstić information content (AvgIpc) is 2.58. The molecule has 1 atom stereocenters. The van der Waals surface area contributed by atoms with E-state index in [0.717, 1.165) is 11.4 Å². The molecule has 0 aliphatic heterocycles. The number of aryl methyl sites for hydroxylation is 2. The predicted octanol–water partition coefficient (Wildman–Crippen LogP) is -2.48. The molecule has 6 nitrogen and oxygen atoms in total. The van der Waals surface area contributed by atoms with Crippen molar-refractivity contribution < 1.29 is 38.3 Å². The van der Waals surface area contributed by atoms with Crippen LogP contribution in [0.3, 0.4) is 0 Å². The summed E-state index contributed by atoms with van der Waals surface area (Å²) in [5.41, 5.74) is 1.79. The average molecular weight is 260 g/mol. The maximum absolute atomic E-state index is 10.6. The minimum Gasteiger partial charge on any atom is -0.767 e. The molecule has 0 aliphatic rings. The van der Waals surface area contributed by atoms with E-state index < -0.39 is 11.1 Å². The summed E-state index contributed by atoms with van der Waals surface area (Å²) in [6, 6.07) is 4.86. The quantitative estimate of drug-likeness (QED) is 0.441. The Labute approximate surface area is 123 Å². The third kappa shape index (κ3) is 3.20. The van der Waals surface area contributed by atoms with Gasteiger partial charge in [0, 0.05) is 5.69 Å². The molecule has 0 aliphatic carbocycles. The van der Waals surface area contributed by atoms with Crippen molar-refractivity contribution in [3.05, 3.63) is 29.6 Å². The van der Waals surface area contributed by atoms with E-state index in [1.807, 2.05) is 19.9 Å². The largest absolute Gasteiger partial charge is 1.00 e. The molecule has 1 unspecified atom stereocenters. The topological polar surface area (TPSA) is 83.7 Å². The first kappa shape index (κ1) is 14.5. The van der Waals surface area contributed by atoms with Gasteiger partial charge in [-0.3, -0.25) is 4.21 Å². The molecule has 0 amide bonds. The molecule has 0 saturated heterocycles. The molecule has 0 aromatic carbocycles. The zero-order valence-electron chi connectivity index (χ0n) is 9.75. The summed E-state index contributed by atoms with van der Waals surface area (Å²) in [6.45, 7) is 3.76. The van der Waals surface area contributed by atoms with Gasteiger partial charge in [0.25, 0.3) is 0 Å². The summed E-state index contributed by atoms with van der Waals surface area (Å²) >= 11 is -2.35. The molecule has 8 heteroatoms. The van der Waals surface area contributed by atoms with Crippen molar-refractivity contribution in [2.45, 2.75) is 18.9 Å². The van der Waals surface area contributed by atoms with E-state index >= 15 is 0 Å². The molecule has 0 bridgehead atoms. The maximum atomic E-state index is 10.6. The number of hydrogen-bond acceptors (Lipinski definition) is 5. The monoisotopic (exact) mass is 260 g/mol. The van der Waals surface area contributed by atoms with Crippen molar-refractivity contribution in [1.29, 1.82) is 0 Å². The van der Waals surface area contributed by atoms with Crippen LogP contribution in [0.15, 0.2) is 23.2 Å². The first-order valence-corrected chi connectivity index (χ1v) is 5.62. The van der Waals surface area contributed by atoms with Gasteiger partial charge >= 0.3 is 29.6 Å². The van der Waals surface area contributed by atoms with Crippen LogP contribution in [0.25, 0.3) is 5.82 Å². The molecule has 0 fully saturated rings. The fourth-order valence-electron chi connectivity index (χ4n) is 1.38. The molecule has 2 rings (SSSR count).